The Balaban J connectivity index is 2.35. The molecule has 1 aromatic rings. The minimum absolute atomic E-state index is 0.276. The predicted molar refractivity (Wildman–Crippen MR) is 79.3 cm³/mol. The molecule has 0 unspecified atom stereocenters. The third kappa shape index (κ3) is 3.05. The van der Waals surface area contributed by atoms with E-state index in [9.17, 15) is 9.59 Å². The molecule has 0 spiro atoms. The highest BCUT2D eigenvalue weighted by atomic mass is 16.5. The van der Waals surface area contributed by atoms with Crippen LogP contribution >= 0.6 is 0 Å². The van der Waals surface area contributed by atoms with E-state index in [4.69, 9.17) is 9.47 Å². The topological polar surface area (TPSA) is 52.6 Å². The molecule has 21 heavy (non-hydrogen) atoms. The Morgan fingerprint density at radius 2 is 1.71 bits per heavy atom. The zero-order chi connectivity index (χ0) is 15.3. The summed E-state index contributed by atoms with van der Waals surface area (Å²) >= 11 is 0. The van der Waals surface area contributed by atoms with E-state index in [0.717, 1.165) is 11.1 Å². The van der Waals surface area contributed by atoms with E-state index < -0.39 is 17.4 Å². The minimum atomic E-state index is -1.28. The molecule has 110 valence electrons. The van der Waals surface area contributed by atoms with Crippen molar-refractivity contribution in [1.29, 1.82) is 0 Å². The number of hydrogen-bond acceptors (Lipinski definition) is 4. The molecule has 0 radical (unpaired) electrons. The van der Waals surface area contributed by atoms with Gasteiger partial charge in [0.15, 0.2) is 5.41 Å². The SMILES string of the molecule is COC(=O)C1(C(=O)OC)CC=C/C(=C/c2ccccc2)C1. The van der Waals surface area contributed by atoms with Gasteiger partial charge in [-0.3, -0.25) is 9.59 Å². The minimum Gasteiger partial charge on any atom is -0.468 e. The van der Waals surface area contributed by atoms with Gasteiger partial charge in [-0.05, 0) is 24.0 Å². The highest BCUT2D eigenvalue weighted by Gasteiger charge is 2.48. The first-order valence-corrected chi connectivity index (χ1v) is 6.71. The van der Waals surface area contributed by atoms with Gasteiger partial charge in [-0.25, -0.2) is 0 Å². The van der Waals surface area contributed by atoms with Crippen LogP contribution in [0.5, 0.6) is 0 Å². The first-order chi connectivity index (χ1) is 10.1. The molecule has 1 aromatic carbocycles. The number of esters is 2. The van der Waals surface area contributed by atoms with Crippen LogP contribution in [-0.4, -0.2) is 26.2 Å². The zero-order valence-corrected chi connectivity index (χ0v) is 12.2. The zero-order valence-electron chi connectivity index (χ0n) is 12.2. The third-order valence-corrected chi connectivity index (χ3v) is 3.61. The highest BCUT2D eigenvalue weighted by molar-refractivity contribution is 6.01. The van der Waals surface area contributed by atoms with Crippen LogP contribution in [0.1, 0.15) is 18.4 Å². The van der Waals surface area contributed by atoms with Crippen LogP contribution in [0.25, 0.3) is 6.08 Å². The molecule has 1 aliphatic carbocycles. The maximum Gasteiger partial charge on any atom is 0.323 e. The van der Waals surface area contributed by atoms with Crippen molar-refractivity contribution in [2.75, 3.05) is 14.2 Å². The summed E-state index contributed by atoms with van der Waals surface area (Å²) in [4.78, 5) is 24.2. The van der Waals surface area contributed by atoms with Crippen molar-refractivity contribution < 1.29 is 19.1 Å². The first kappa shape index (κ1) is 15.0. The molecule has 0 amide bonds. The normalized spacial score (nSPS) is 18.3. The maximum atomic E-state index is 12.1. The summed E-state index contributed by atoms with van der Waals surface area (Å²) in [6.45, 7) is 0. The van der Waals surface area contributed by atoms with Crippen molar-refractivity contribution in [1.82, 2.24) is 0 Å². The van der Waals surface area contributed by atoms with Crippen molar-refractivity contribution in [3.05, 3.63) is 53.6 Å². The number of allylic oxidation sites excluding steroid dienone is 3. The lowest BCUT2D eigenvalue weighted by Gasteiger charge is -2.30. The Kier molecular flexibility index (Phi) is 4.58. The van der Waals surface area contributed by atoms with Crippen LogP contribution in [0.2, 0.25) is 0 Å². The van der Waals surface area contributed by atoms with Crippen LogP contribution in [-0.2, 0) is 19.1 Å². The maximum absolute atomic E-state index is 12.1. The molecule has 0 fully saturated rings. The predicted octanol–water partition coefficient (Wildman–Crippen LogP) is 2.75. The number of hydrogen-bond donors (Lipinski definition) is 0. The van der Waals surface area contributed by atoms with E-state index in [0.29, 0.717) is 6.42 Å². The van der Waals surface area contributed by atoms with Gasteiger partial charge in [0.1, 0.15) is 0 Å². The van der Waals surface area contributed by atoms with Gasteiger partial charge in [0.05, 0.1) is 14.2 Å². The Morgan fingerprint density at radius 1 is 1.10 bits per heavy atom. The molecule has 4 nitrogen and oxygen atoms in total. The molecule has 0 N–H and O–H groups in total. The molecule has 2 rings (SSSR count). The molecule has 4 heteroatoms. The van der Waals surface area contributed by atoms with Crippen molar-refractivity contribution in [3.63, 3.8) is 0 Å². The lowest BCUT2D eigenvalue weighted by Crippen LogP contribution is -2.42. The highest BCUT2D eigenvalue weighted by Crippen LogP contribution is 2.38. The molecule has 0 saturated heterocycles. The van der Waals surface area contributed by atoms with Crippen LogP contribution in [0.3, 0.4) is 0 Å². The Labute approximate surface area is 124 Å². The van der Waals surface area contributed by atoms with E-state index in [1.54, 1.807) is 0 Å². The van der Waals surface area contributed by atoms with Gasteiger partial charge in [-0.15, -0.1) is 0 Å². The van der Waals surface area contributed by atoms with Crippen LogP contribution in [0.15, 0.2) is 48.1 Å². The number of methoxy groups -OCH3 is 2. The van der Waals surface area contributed by atoms with Crippen molar-refractivity contribution in [2.24, 2.45) is 5.41 Å². The Hall–Kier alpha value is -2.36. The molecular weight excluding hydrogens is 268 g/mol. The summed E-state index contributed by atoms with van der Waals surface area (Å²) in [6.07, 6.45) is 6.26. The molecule has 1 aliphatic rings. The standard InChI is InChI=1S/C17H18O4/c1-20-15(18)17(16(19)21-2)10-6-9-14(12-17)11-13-7-4-3-5-8-13/h3-9,11H,10,12H2,1-2H3/b14-11-. The van der Waals surface area contributed by atoms with E-state index in [-0.39, 0.29) is 6.42 Å². The second-order valence-electron chi connectivity index (χ2n) is 4.98. The second kappa shape index (κ2) is 6.39. The van der Waals surface area contributed by atoms with Gasteiger partial charge < -0.3 is 9.47 Å². The summed E-state index contributed by atoms with van der Waals surface area (Å²) < 4.78 is 9.63. The average Bonchev–Trinajstić information content (AvgIpc) is 2.54. The number of ether oxygens (including phenoxy) is 2. The van der Waals surface area contributed by atoms with Crippen molar-refractivity contribution in [3.8, 4) is 0 Å². The fraction of sp³-hybridized carbons (Fsp3) is 0.294. The summed E-state index contributed by atoms with van der Waals surface area (Å²) in [5, 5.41) is 0. The Bertz CT molecular complexity index is 568. The van der Waals surface area contributed by atoms with Gasteiger partial charge in [0.2, 0.25) is 0 Å². The second-order valence-corrected chi connectivity index (χ2v) is 4.98. The van der Waals surface area contributed by atoms with Gasteiger partial charge in [0.25, 0.3) is 0 Å². The van der Waals surface area contributed by atoms with E-state index in [2.05, 4.69) is 0 Å². The summed E-state index contributed by atoms with van der Waals surface area (Å²) in [7, 11) is 2.57. The molecule has 0 aromatic heterocycles. The fourth-order valence-corrected chi connectivity index (χ4v) is 2.54. The van der Waals surface area contributed by atoms with Crippen molar-refractivity contribution >= 4 is 18.0 Å². The van der Waals surface area contributed by atoms with E-state index in [1.807, 2.05) is 48.6 Å². The van der Waals surface area contributed by atoms with E-state index in [1.165, 1.54) is 14.2 Å². The van der Waals surface area contributed by atoms with Crippen molar-refractivity contribution in [2.45, 2.75) is 12.8 Å². The molecular formula is C17H18O4. The summed E-state index contributed by atoms with van der Waals surface area (Å²) in [5.41, 5.74) is 0.629. The van der Waals surface area contributed by atoms with Crippen LogP contribution in [0.4, 0.5) is 0 Å². The quantitative estimate of drug-likeness (QED) is 0.633. The van der Waals surface area contributed by atoms with Gasteiger partial charge in [-0.2, -0.15) is 0 Å². The van der Waals surface area contributed by atoms with Crippen LogP contribution in [0, 0.1) is 5.41 Å². The average molecular weight is 286 g/mol. The summed E-state index contributed by atoms with van der Waals surface area (Å²) in [5.74, 6) is -1.12. The monoisotopic (exact) mass is 286 g/mol. The van der Waals surface area contributed by atoms with E-state index >= 15 is 0 Å². The molecule has 0 atom stereocenters. The third-order valence-electron chi connectivity index (χ3n) is 3.61. The van der Waals surface area contributed by atoms with Gasteiger partial charge >= 0.3 is 11.9 Å². The van der Waals surface area contributed by atoms with Gasteiger partial charge in [0, 0.05) is 0 Å². The molecule has 0 heterocycles. The van der Waals surface area contributed by atoms with Gasteiger partial charge in [-0.1, -0.05) is 48.6 Å². The fourth-order valence-electron chi connectivity index (χ4n) is 2.54. The largest absolute Gasteiger partial charge is 0.468 e. The molecule has 0 bridgehead atoms. The number of rotatable bonds is 3. The number of carbonyl (C=O) groups excluding carboxylic acids is 2. The number of benzene rings is 1. The summed E-state index contributed by atoms with van der Waals surface area (Å²) in [6, 6.07) is 9.74. The lowest BCUT2D eigenvalue weighted by molar-refractivity contribution is -0.169. The number of carbonyl (C=O) groups is 2. The lowest BCUT2D eigenvalue weighted by atomic mass is 9.74. The van der Waals surface area contributed by atoms with Crippen LogP contribution < -0.4 is 0 Å². The Morgan fingerprint density at radius 3 is 2.29 bits per heavy atom. The molecule has 0 aliphatic heterocycles. The molecule has 0 saturated carbocycles. The first-order valence-electron chi connectivity index (χ1n) is 6.71. The smallest absolute Gasteiger partial charge is 0.323 e.